The summed E-state index contributed by atoms with van der Waals surface area (Å²) in [6.45, 7) is 2.38. The number of hydrogen-bond acceptors (Lipinski definition) is 1. The number of anilines is 2. The fourth-order valence-corrected chi connectivity index (χ4v) is 7.91. The average molecular weight is 640 g/mol. The second-order valence-corrected chi connectivity index (χ2v) is 13.4. The molecule has 50 heavy (non-hydrogen) atoms. The number of fused-ring (bicyclic) bond motifs is 4. The van der Waals surface area contributed by atoms with Crippen LogP contribution >= 0.6 is 0 Å². The van der Waals surface area contributed by atoms with Gasteiger partial charge in [-0.2, -0.15) is 0 Å². The molecular weight excluding hydrogens is 603 g/mol. The van der Waals surface area contributed by atoms with E-state index >= 15 is 0 Å². The van der Waals surface area contributed by atoms with Crippen molar-refractivity contribution < 1.29 is 0 Å². The van der Waals surface area contributed by atoms with Gasteiger partial charge in [0.2, 0.25) is 0 Å². The van der Waals surface area contributed by atoms with E-state index in [0.29, 0.717) is 5.92 Å². The molecule has 8 aromatic carbocycles. The van der Waals surface area contributed by atoms with Gasteiger partial charge >= 0.3 is 0 Å². The Balaban J connectivity index is 1.19. The van der Waals surface area contributed by atoms with Crippen molar-refractivity contribution in [2.75, 3.05) is 4.90 Å². The van der Waals surface area contributed by atoms with Gasteiger partial charge in [-0.1, -0.05) is 165 Å². The van der Waals surface area contributed by atoms with E-state index in [9.17, 15) is 0 Å². The van der Waals surface area contributed by atoms with E-state index in [1.807, 2.05) is 0 Å². The van der Waals surface area contributed by atoms with Gasteiger partial charge in [-0.15, -0.1) is 0 Å². The summed E-state index contributed by atoms with van der Waals surface area (Å²) < 4.78 is 0. The van der Waals surface area contributed by atoms with Crippen molar-refractivity contribution in [3.63, 3.8) is 0 Å². The van der Waals surface area contributed by atoms with Crippen molar-refractivity contribution in [1.29, 1.82) is 0 Å². The van der Waals surface area contributed by atoms with Crippen LogP contribution in [0.3, 0.4) is 0 Å². The van der Waals surface area contributed by atoms with Crippen LogP contribution in [-0.4, -0.2) is 0 Å². The molecule has 1 heteroatoms. The lowest BCUT2D eigenvalue weighted by molar-refractivity contribution is 0.716. The average Bonchev–Trinajstić information content (AvgIpc) is 3.18. The van der Waals surface area contributed by atoms with Crippen LogP contribution < -0.4 is 4.90 Å². The number of hydrogen-bond donors (Lipinski definition) is 0. The number of benzene rings is 8. The molecule has 0 fully saturated rings. The monoisotopic (exact) mass is 639 g/mol. The van der Waals surface area contributed by atoms with Crippen LogP contribution in [-0.2, 0) is 0 Å². The number of para-hydroxylation sites is 1. The molecule has 0 heterocycles. The smallest absolute Gasteiger partial charge is 0.0536 e. The highest BCUT2D eigenvalue weighted by atomic mass is 15.2. The Hall–Kier alpha value is -6.18. The number of rotatable bonds is 6. The standard InChI is InChI=1S/C49H37N/c1-34-32-40(30-31-41(34)48-33-38-17-6-8-20-44(38)46-22-9-10-23-47(46)48)50(49-25-12-11-21-45(49)36-14-3-2-4-15-36)39-28-26-37(27-29-39)43-24-13-18-35-16-5-7-19-42(35)43/h2-31,33-34H,32H2,1H3. The van der Waals surface area contributed by atoms with Crippen LogP contribution in [0.5, 0.6) is 0 Å². The fraction of sp³-hybridized carbons (Fsp3) is 0.0612. The highest BCUT2D eigenvalue weighted by molar-refractivity contribution is 6.12. The maximum absolute atomic E-state index is 2.48. The lowest BCUT2D eigenvalue weighted by Crippen LogP contribution is -2.21. The van der Waals surface area contributed by atoms with Gasteiger partial charge in [0, 0.05) is 16.9 Å². The van der Waals surface area contributed by atoms with Crippen LogP contribution in [0.15, 0.2) is 194 Å². The molecule has 0 bridgehead atoms. The van der Waals surface area contributed by atoms with E-state index in [1.165, 1.54) is 77.1 Å². The van der Waals surface area contributed by atoms with E-state index in [1.54, 1.807) is 0 Å². The van der Waals surface area contributed by atoms with Crippen molar-refractivity contribution in [3.05, 3.63) is 199 Å². The van der Waals surface area contributed by atoms with E-state index in [4.69, 9.17) is 0 Å². The number of nitrogens with zero attached hydrogens (tertiary/aromatic N) is 1. The zero-order valence-electron chi connectivity index (χ0n) is 28.1. The van der Waals surface area contributed by atoms with Crippen LogP contribution in [0.4, 0.5) is 11.4 Å². The molecule has 0 aliphatic heterocycles. The molecule has 0 amide bonds. The third kappa shape index (κ3) is 5.29. The molecule has 9 rings (SSSR count). The van der Waals surface area contributed by atoms with Crippen LogP contribution in [0.25, 0.3) is 60.1 Å². The van der Waals surface area contributed by atoms with Crippen LogP contribution in [0.1, 0.15) is 18.9 Å². The van der Waals surface area contributed by atoms with Crippen molar-refractivity contribution in [3.8, 4) is 22.3 Å². The summed E-state index contributed by atoms with van der Waals surface area (Å²) in [7, 11) is 0. The zero-order chi connectivity index (χ0) is 33.4. The van der Waals surface area contributed by atoms with Crippen molar-refractivity contribution in [2.45, 2.75) is 13.3 Å². The lowest BCUT2D eigenvalue weighted by atomic mass is 9.83. The molecule has 1 unspecified atom stereocenters. The SMILES string of the molecule is CC1CC(N(c2ccc(-c3cccc4ccccc34)cc2)c2ccccc2-c2ccccc2)=CC=C1c1cc2ccccc2c2ccccc12. The predicted octanol–water partition coefficient (Wildman–Crippen LogP) is 13.6. The maximum atomic E-state index is 2.48. The van der Waals surface area contributed by atoms with Crippen molar-refractivity contribution in [1.82, 2.24) is 0 Å². The summed E-state index contributed by atoms with van der Waals surface area (Å²) in [6.07, 6.45) is 5.66. The second kappa shape index (κ2) is 12.7. The minimum Gasteiger partial charge on any atom is -0.314 e. The third-order valence-corrected chi connectivity index (χ3v) is 10.3. The Morgan fingerprint density at radius 1 is 0.440 bits per heavy atom. The zero-order valence-corrected chi connectivity index (χ0v) is 28.1. The van der Waals surface area contributed by atoms with E-state index in [2.05, 4.69) is 200 Å². The van der Waals surface area contributed by atoms with Crippen LogP contribution in [0.2, 0.25) is 0 Å². The fourth-order valence-electron chi connectivity index (χ4n) is 7.91. The maximum Gasteiger partial charge on any atom is 0.0536 e. The molecule has 0 saturated heterocycles. The summed E-state index contributed by atoms with van der Waals surface area (Å²) in [5.41, 5.74) is 11.2. The normalized spacial score (nSPS) is 14.5. The first-order valence-electron chi connectivity index (χ1n) is 17.6. The Bertz CT molecular complexity index is 2570. The Labute approximate surface area is 294 Å². The van der Waals surface area contributed by atoms with Gasteiger partial charge in [0.25, 0.3) is 0 Å². The molecule has 0 radical (unpaired) electrons. The molecule has 0 saturated carbocycles. The summed E-state index contributed by atoms with van der Waals surface area (Å²) in [5.74, 6) is 0.320. The molecule has 1 atom stereocenters. The van der Waals surface area contributed by atoms with Gasteiger partial charge in [-0.3, -0.25) is 0 Å². The Morgan fingerprint density at radius 2 is 1.04 bits per heavy atom. The first kappa shape index (κ1) is 29.9. The molecule has 1 aliphatic rings. The van der Waals surface area contributed by atoms with Crippen LogP contribution in [0, 0.1) is 5.92 Å². The topological polar surface area (TPSA) is 3.24 Å². The lowest BCUT2D eigenvalue weighted by Gasteiger charge is -2.34. The van der Waals surface area contributed by atoms with Gasteiger partial charge in [0.05, 0.1) is 5.69 Å². The third-order valence-electron chi connectivity index (χ3n) is 10.3. The predicted molar refractivity (Wildman–Crippen MR) is 215 cm³/mol. The van der Waals surface area contributed by atoms with Crippen molar-refractivity contribution >= 4 is 49.3 Å². The van der Waals surface area contributed by atoms with Gasteiger partial charge in [-0.05, 0) is 103 Å². The molecule has 238 valence electrons. The largest absolute Gasteiger partial charge is 0.314 e. The van der Waals surface area contributed by atoms with E-state index < -0.39 is 0 Å². The van der Waals surface area contributed by atoms with E-state index in [0.717, 1.165) is 12.1 Å². The van der Waals surface area contributed by atoms with E-state index in [-0.39, 0.29) is 0 Å². The van der Waals surface area contributed by atoms with Gasteiger partial charge in [0.15, 0.2) is 0 Å². The molecule has 0 N–H and O–H groups in total. The summed E-state index contributed by atoms with van der Waals surface area (Å²) in [6, 6.07) is 64.0. The summed E-state index contributed by atoms with van der Waals surface area (Å²) in [4.78, 5) is 2.48. The molecule has 8 aromatic rings. The summed E-state index contributed by atoms with van der Waals surface area (Å²) in [5, 5.41) is 7.76. The molecular formula is C49H37N. The quantitative estimate of drug-likeness (QED) is 0.164. The van der Waals surface area contributed by atoms with Gasteiger partial charge in [-0.25, -0.2) is 0 Å². The van der Waals surface area contributed by atoms with Crippen molar-refractivity contribution in [2.24, 2.45) is 5.92 Å². The van der Waals surface area contributed by atoms with Gasteiger partial charge in [0.1, 0.15) is 0 Å². The Morgan fingerprint density at radius 3 is 1.84 bits per heavy atom. The highest BCUT2D eigenvalue weighted by Gasteiger charge is 2.25. The minimum absolute atomic E-state index is 0.320. The highest BCUT2D eigenvalue weighted by Crippen LogP contribution is 2.44. The molecule has 0 spiro atoms. The first-order valence-corrected chi connectivity index (χ1v) is 17.6. The molecule has 0 aromatic heterocycles. The Kier molecular flexibility index (Phi) is 7.59. The number of allylic oxidation sites excluding steroid dienone is 4. The minimum atomic E-state index is 0.320. The first-order chi connectivity index (χ1) is 24.7. The summed E-state index contributed by atoms with van der Waals surface area (Å²) >= 11 is 0. The van der Waals surface area contributed by atoms with Gasteiger partial charge < -0.3 is 4.90 Å². The molecule has 1 aliphatic carbocycles. The second-order valence-electron chi connectivity index (χ2n) is 13.4. The molecule has 1 nitrogen and oxygen atoms in total.